The summed E-state index contributed by atoms with van der Waals surface area (Å²) in [5.74, 6) is -11.0. The molecule has 0 aliphatic carbocycles. The van der Waals surface area contributed by atoms with Gasteiger partial charge in [0.25, 0.3) is 21.1 Å². The summed E-state index contributed by atoms with van der Waals surface area (Å²) in [7, 11) is -3.13. The van der Waals surface area contributed by atoms with E-state index in [1.54, 1.807) is 81.1 Å². The number of methoxy groups -OCH3 is 4. The number of pyridine rings is 2. The molecule has 30 heteroatoms. The van der Waals surface area contributed by atoms with Crippen LogP contribution in [-0.2, 0) is 33.2 Å². The van der Waals surface area contributed by atoms with Crippen molar-refractivity contribution in [3.63, 3.8) is 0 Å². The number of rotatable bonds is 17. The number of hydrogen-bond acceptors (Lipinski definition) is 16. The molecule has 0 radical (unpaired) electrons. The maximum Gasteiger partial charge on any atom is 0.339 e. The van der Waals surface area contributed by atoms with Crippen LogP contribution >= 0.6 is 55.1 Å². The standard InChI is InChI=1S/C28H22BrClN4O5S.C22H10BrClF5NO5S.C12H13N3O/c1-38-20-8-5-18(6-9-20)17-33(27-4-3-13-31-32-27)40(36,37)21-10-11-24-19(14-21)7-12-28(35)34(24)25-16-23(30)22(29)15-26(25)39-2;1-34-15-7-11(23)12(24)8-14(15)30-13-4-3-10(6-9(13)2-5-16(30)31)36(32,33)35-22-20(28)18(26)17(25)19(27)21(22)29;1-16-11-6-4-10(5-7-11)9-13-12-3-2-8-14-15-12/h3-16H,17H2,1-2H3;2-8H,1H3;2-8H,9H2,1H3,(H,13,15). The van der Waals surface area contributed by atoms with Gasteiger partial charge in [0.2, 0.25) is 34.8 Å². The Balaban J connectivity index is 0.000000177. The first-order valence-electron chi connectivity index (χ1n) is 26.4. The maximum atomic E-state index is 14.0. The molecule has 0 saturated carbocycles. The fourth-order valence-electron chi connectivity index (χ4n) is 8.86. The van der Waals surface area contributed by atoms with Crippen LogP contribution < -0.4 is 43.9 Å². The molecular formula is C62H45Br2Cl2F5N8O11S2. The zero-order chi connectivity index (χ0) is 66.2. The number of sulfonamides is 1. The SMILES string of the molecule is COc1cc(Br)c(Cl)cc1-n1c(=O)ccc2cc(S(=O)(=O)Oc3c(F)c(F)c(F)c(F)c3F)ccc21.COc1ccc(CN(c2cccnn2)S(=O)(=O)c2ccc3c(ccc(=O)n3-c3cc(Cl)c(Br)cc3OC)c2)cc1.COc1ccc(CNc2cccnn2)cc1. The van der Waals surface area contributed by atoms with Crippen LogP contribution in [0, 0.1) is 29.1 Å². The molecule has 0 amide bonds. The van der Waals surface area contributed by atoms with Crippen molar-refractivity contribution in [2.45, 2.75) is 22.9 Å². The molecule has 0 spiro atoms. The molecule has 474 valence electrons. The van der Waals surface area contributed by atoms with Gasteiger partial charge in [0, 0.05) is 50.8 Å². The van der Waals surface area contributed by atoms with Crippen LogP contribution in [0.4, 0.5) is 33.6 Å². The van der Waals surface area contributed by atoms with Gasteiger partial charge in [0.05, 0.1) is 72.3 Å². The Morgan fingerprint density at radius 1 is 0.533 bits per heavy atom. The molecule has 11 rings (SSSR count). The molecule has 0 fully saturated rings. The number of ether oxygens (including phenoxy) is 4. The first-order valence-corrected chi connectivity index (χ1v) is 31.6. The predicted molar refractivity (Wildman–Crippen MR) is 342 cm³/mol. The number of nitrogens with one attached hydrogen (secondary N) is 1. The summed E-state index contributed by atoms with van der Waals surface area (Å²) in [6, 6.07) is 41.1. The smallest absolute Gasteiger partial charge is 0.339 e. The normalized spacial score (nSPS) is 11.2. The molecule has 92 heavy (non-hydrogen) atoms. The Morgan fingerprint density at radius 3 is 1.47 bits per heavy atom. The molecular weight excluding hydrogens is 1420 g/mol. The highest BCUT2D eigenvalue weighted by Crippen LogP contribution is 2.38. The fraction of sp³-hybridized carbons (Fsp3) is 0.0968. The zero-order valence-corrected chi connectivity index (χ0v) is 54.2. The Hall–Kier alpha value is -9.19. The van der Waals surface area contributed by atoms with Crippen molar-refractivity contribution >= 4 is 109 Å². The Bertz CT molecular complexity index is 4900. The van der Waals surface area contributed by atoms with Crippen LogP contribution in [-0.4, -0.2) is 74.8 Å². The molecule has 0 atom stereocenters. The Kier molecular flexibility index (Phi) is 21.2. The van der Waals surface area contributed by atoms with E-state index >= 15 is 0 Å². The summed E-state index contributed by atoms with van der Waals surface area (Å²) >= 11 is 19.1. The number of anilines is 2. The second-order valence-electron chi connectivity index (χ2n) is 19.0. The van der Waals surface area contributed by atoms with Gasteiger partial charge in [-0.15, -0.1) is 10.2 Å². The van der Waals surface area contributed by atoms with E-state index in [-0.39, 0.29) is 50.2 Å². The van der Waals surface area contributed by atoms with E-state index < -0.39 is 65.4 Å². The van der Waals surface area contributed by atoms with Crippen molar-refractivity contribution in [1.82, 2.24) is 29.5 Å². The predicted octanol–water partition coefficient (Wildman–Crippen LogP) is 13.6. The molecule has 0 aliphatic heterocycles. The maximum absolute atomic E-state index is 14.0. The van der Waals surface area contributed by atoms with Crippen molar-refractivity contribution in [3.05, 3.63) is 250 Å². The molecule has 0 aliphatic rings. The van der Waals surface area contributed by atoms with Crippen LogP contribution in [0.1, 0.15) is 11.1 Å². The van der Waals surface area contributed by atoms with E-state index in [2.05, 4.69) is 61.8 Å². The van der Waals surface area contributed by atoms with Gasteiger partial charge in [-0.05, 0) is 164 Å². The van der Waals surface area contributed by atoms with E-state index in [1.165, 1.54) is 81.9 Å². The molecule has 7 aromatic carbocycles. The molecule has 0 saturated heterocycles. The number of fused-ring (bicyclic) bond motifs is 2. The highest BCUT2D eigenvalue weighted by molar-refractivity contribution is 9.10. The average molecular weight is 1470 g/mol. The summed E-state index contributed by atoms with van der Waals surface area (Å²) in [6.45, 7) is 0.736. The third-order valence-electron chi connectivity index (χ3n) is 13.4. The fourth-order valence-corrected chi connectivity index (χ4v) is 12.2. The number of nitrogens with zero attached hydrogens (tertiary/aromatic N) is 7. The van der Waals surface area contributed by atoms with Gasteiger partial charge in [-0.25, -0.2) is 25.9 Å². The molecule has 4 aromatic heterocycles. The van der Waals surface area contributed by atoms with Gasteiger partial charge in [-0.2, -0.15) is 27.4 Å². The summed E-state index contributed by atoms with van der Waals surface area (Å²) in [4.78, 5) is 25.1. The highest BCUT2D eigenvalue weighted by Gasteiger charge is 2.32. The van der Waals surface area contributed by atoms with Crippen molar-refractivity contribution in [1.29, 1.82) is 0 Å². The second-order valence-corrected chi connectivity index (χ2v) is 25.0. The van der Waals surface area contributed by atoms with E-state index in [4.69, 9.17) is 42.1 Å². The Labute approximate surface area is 547 Å². The third kappa shape index (κ3) is 14.7. The monoisotopic (exact) mass is 1460 g/mol. The van der Waals surface area contributed by atoms with Gasteiger partial charge in [-0.3, -0.25) is 18.7 Å². The van der Waals surface area contributed by atoms with Crippen molar-refractivity contribution in [3.8, 4) is 40.1 Å². The van der Waals surface area contributed by atoms with Crippen LogP contribution in [0.25, 0.3) is 33.2 Å². The number of halogens is 9. The topological polar surface area (TPSA) is 225 Å². The lowest BCUT2D eigenvalue weighted by Crippen LogP contribution is -2.31. The molecule has 0 unspecified atom stereocenters. The van der Waals surface area contributed by atoms with Crippen LogP contribution in [0.5, 0.6) is 28.7 Å². The van der Waals surface area contributed by atoms with Crippen molar-refractivity contribution < 1.29 is 61.9 Å². The number of benzene rings is 7. The average Bonchev–Trinajstić information content (AvgIpc) is 0.793. The zero-order valence-electron chi connectivity index (χ0n) is 47.9. The summed E-state index contributed by atoms with van der Waals surface area (Å²) in [5, 5.41) is 20.1. The van der Waals surface area contributed by atoms with Gasteiger partial charge < -0.3 is 28.4 Å². The van der Waals surface area contributed by atoms with Crippen LogP contribution in [0.15, 0.2) is 198 Å². The highest BCUT2D eigenvalue weighted by atomic mass is 79.9. The molecule has 4 heterocycles. The first kappa shape index (κ1) is 67.2. The van der Waals surface area contributed by atoms with Crippen molar-refractivity contribution in [2.75, 3.05) is 38.1 Å². The molecule has 0 bridgehead atoms. The number of aromatic nitrogens is 6. The third-order valence-corrected chi connectivity index (χ3v) is 18.8. The van der Waals surface area contributed by atoms with E-state index in [0.29, 0.717) is 42.1 Å². The lowest BCUT2D eigenvalue weighted by molar-refractivity contribution is 0.346. The quantitative estimate of drug-likeness (QED) is 0.0387. The van der Waals surface area contributed by atoms with Gasteiger partial charge >= 0.3 is 10.1 Å². The van der Waals surface area contributed by atoms with Crippen LogP contribution in [0.2, 0.25) is 10.0 Å². The summed E-state index contributed by atoms with van der Waals surface area (Å²) in [5.41, 5.74) is 2.32. The lowest BCUT2D eigenvalue weighted by atomic mass is 10.2. The largest absolute Gasteiger partial charge is 0.497 e. The van der Waals surface area contributed by atoms with Gasteiger partial charge in [0.1, 0.15) is 33.7 Å². The summed E-state index contributed by atoms with van der Waals surface area (Å²) < 4.78 is 152. The summed E-state index contributed by atoms with van der Waals surface area (Å²) in [6.07, 6.45) is 3.12. The van der Waals surface area contributed by atoms with Gasteiger partial charge in [-0.1, -0.05) is 47.5 Å². The molecule has 19 nitrogen and oxygen atoms in total. The minimum atomic E-state index is -5.08. The van der Waals surface area contributed by atoms with Gasteiger partial charge in [0.15, 0.2) is 5.82 Å². The molecule has 11 aromatic rings. The van der Waals surface area contributed by atoms with Crippen LogP contribution in [0.3, 0.4) is 0 Å². The molecule has 1 N–H and O–H groups in total. The van der Waals surface area contributed by atoms with E-state index in [1.807, 2.05) is 36.4 Å². The van der Waals surface area contributed by atoms with E-state index in [0.717, 1.165) is 41.9 Å². The first-order chi connectivity index (χ1) is 44.0. The van der Waals surface area contributed by atoms with Crippen molar-refractivity contribution in [2.24, 2.45) is 0 Å². The second kappa shape index (κ2) is 29.0. The Morgan fingerprint density at radius 2 is 1.00 bits per heavy atom. The lowest BCUT2D eigenvalue weighted by Gasteiger charge is -2.23. The minimum Gasteiger partial charge on any atom is -0.497 e. The minimum absolute atomic E-state index is 0.0111. The number of hydrogen-bond donors (Lipinski definition) is 1. The van der Waals surface area contributed by atoms with E-state index in [9.17, 15) is 48.4 Å².